The van der Waals surface area contributed by atoms with Gasteiger partial charge in [0.2, 0.25) is 5.91 Å². The molecule has 0 saturated heterocycles. The number of nitrogens with one attached hydrogen (secondary N) is 1. The Morgan fingerprint density at radius 1 is 1.29 bits per heavy atom. The first-order chi connectivity index (χ1) is 10.1. The molecule has 2 rings (SSSR count). The topological polar surface area (TPSA) is 29.1 Å². The highest BCUT2D eigenvalue weighted by Gasteiger charge is 2.09. The SMILES string of the molecule is CC(C)c1ccccc1NC(=O)CSCc1ccc(Cl)s1. The molecule has 0 aliphatic rings. The van der Waals surface area contributed by atoms with Gasteiger partial charge in [0.05, 0.1) is 10.1 Å². The number of carbonyl (C=O) groups excluding carboxylic acids is 1. The number of hydrogen-bond acceptors (Lipinski definition) is 3. The fourth-order valence-corrected chi connectivity index (χ4v) is 4.00. The first-order valence-corrected chi connectivity index (χ1v) is 9.12. The van der Waals surface area contributed by atoms with E-state index in [0.29, 0.717) is 11.7 Å². The van der Waals surface area contributed by atoms with Gasteiger partial charge in [-0.05, 0) is 29.7 Å². The van der Waals surface area contributed by atoms with Crippen LogP contribution in [0.3, 0.4) is 0 Å². The molecule has 112 valence electrons. The second-order valence-electron chi connectivity index (χ2n) is 4.99. The summed E-state index contributed by atoms with van der Waals surface area (Å²) in [5.74, 6) is 1.69. The zero-order valence-corrected chi connectivity index (χ0v) is 14.4. The molecule has 0 atom stereocenters. The van der Waals surface area contributed by atoms with Gasteiger partial charge in [0.25, 0.3) is 0 Å². The standard InChI is InChI=1S/C16H18ClNOS2/c1-11(2)13-5-3-4-6-14(13)18-16(19)10-20-9-12-7-8-15(17)21-12/h3-8,11H,9-10H2,1-2H3,(H,18,19). The number of carbonyl (C=O) groups is 1. The van der Waals surface area contributed by atoms with Gasteiger partial charge in [-0.1, -0.05) is 43.6 Å². The van der Waals surface area contributed by atoms with Gasteiger partial charge in [-0.3, -0.25) is 4.79 Å². The Bertz CT molecular complexity index is 610. The van der Waals surface area contributed by atoms with Crippen molar-refractivity contribution in [3.63, 3.8) is 0 Å². The minimum absolute atomic E-state index is 0.0377. The number of anilines is 1. The second-order valence-corrected chi connectivity index (χ2v) is 7.77. The highest BCUT2D eigenvalue weighted by Crippen LogP contribution is 2.26. The van der Waals surface area contributed by atoms with Crippen LogP contribution in [0.15, 0.2) is 36.4 Å². The summed E-state index contributed by atoms with van der Waals surface area (Å²) in [6, 6.07) is 11.9. The maximum absolute atomic E-state index is 12.0. The molecule has 1 aromatic heterocycles. The summed E-state index contributed by atoms with van der Waals surface area (Å²) in [6.45, 7) is 4.25. The first kappa shape index (κ1) is 16.4. The lowest BCUT2D eigenvalue weighted by Gasteiger charge is -2.13. The van der Waals surface area contributed by atoms with E-state index in [4.69, 9.17) is 11.6 Å². The maximum Gasteiger partial charge on any atom is 0.234 e. The number of benzene rings is 1. The van der Waals surface area contributed by atoms with Crippen LogP contribution in [0, 0.1) is 0 Å². The summed E-state index contributed by atoms with van der Waals surface area (Å²) in [4.78, 5) is 13.2. The van der Waals surface area contributed by atoms with E-state index < -0.39 is 0 Å². The number of halogens is 1. The lowest BCUT2D eigenvalue weighted by Crippen LogP contribution is -2.15. The number of rotatable bonds is 6. The van der Waals surface area contributed by atoms with E-state index in [0.717, 1.165) is 15.8 Å². The average molecular weight is 340 g/mol. The van der Waals surface area contributed by atoms with Gasteiger partial charge >= 0.3 is 0 Å². The Morgan fingerprint density at radius 3 is 2.71 bits per heavy atom. The number of thiophene rings is 1. The van der Waals surface area contributed by atoms with Crippen LogP contribution in [0.25, 0.3) is 0 Å². The summed E-state index contributed by atoms with van der Waals surface area (Å²) in [7, 11) is 0. The maximum atomic E-state index is 12.0. The van der Waals surface area contributed by atoms with E-state index in [1.165, 1.54) is 10.4 Å². The van der Waals surface area contributed by atoms with Crippen LogP contribution in [0.4, 0.5) is 5.69 Å². The molecule has 1 N–H and O–H groups in total. The third-order valence-corrected chi connectivity index (χ3v) is 5.36. The van der Waals surface area contributed by atoms with E-state index in [2.05, 4.69) is 25.2 Å². The van der Waals surface area contributed by atoms with E-state index in [1.54, 1.807) is 23.1 Å². The molecule has 5 heteroatoms. The zero-order chi connectivity index (χ0) is 15.2. The van der Waals surface area contributed by atoms with E-state index >= 15 is 0 Å². The molecule has 21 heavy (non-hydrogen) atoms. The van der Waals surface area contributed by atoms with Crippen molar-refractivity contribution in [2.75, 3.05) is 11.1 Å². The van der Waals surface area contributed by atoms with Crippen LogP contribution in [-0.4, -0.2) is 11.7 Å². The van der Waals surface area contributed by atoms with Crippen LogP contribution in [0.1, 0.15) is 30.2 Å². The van der Waals surface area contributed by atoms with Gasteiger partial charge < -0.3 is 5.32 Å². The Balaban J connectivity index is 1.84. The van der Waals surface area contributed by atoms with Crippen molar-refractivity contribution in [2.24, 2.45) is 0 Å². The third kappa shape index (κ3) is 5.06. The Labute approximate surface area is 138 Å². The average Bonchev–Trinajstić information content (AvgIpc) is 2.85. The largest absolute Gasteiger partial charge is 0.325 e. The zero-order valence-electron chi connectivity index (χ0n) is 12.1. The van der Waals surface area contributed by atoms with Gasteiger partial charge in [-0.2, -0.15) is 0 Å². The predicted molar refractivity (Wildman–Crippen MR) is 94.7 cm³/mol. The van der Waals surface area contributed by atoms with E-state index in [9.17, 15) is 4.79 Å². The van der Waals surface area contributed by atoms with Crippen molar-refractivity contribution in [1.82, 2.24) is 0 Å². The van der Waals surface area contributed by atoms with Crippen molar-refractivity contribution in [2.45, 2.75) is 25.5 Å². The summed E-state index contributed by atoms with van der Waals surface area (Å²) in [5.41, 5.74) is 2.08. The molecule has 1 heterocycles. The number of amides is 1. The smallest absolute Gasteiger partial charge is 0.234 e. The van der Waals surface area contributed by atoms with Crippen LogP contribution >= 0.6 is 34.7 Å². The summed E-state index contributed by atoms with van der Waals surface area (Å²) >= 11 is 9.05. The van der Waals surface area contributed by atoms with Gasteiger partial charge in [0.15, 0.2) is 0 Å². The van der Waals surface area contributed by atoms with Crippen LogP contribution in [0.5, 0.6) is 0 Å². The molecular formula is C16H18ClNOS2. The van der Waals surface area contributed by atoms with Gasteiger partial charge in [-0.25, -0.2) is 0 Å². The molecule has 2 aromatic rings. The Kier molecular flexibility index (Phi) is 6.15. The molecule has 1 aromatic carbocycles. The summed E-state index contributed by atoms with van der Waals surface area (Å²) < 4.78 is 0.793. The highest BCUT2D eigenvalue weighted by atomic mass is 35.5. The molecule has 0 unspecified atom stereocenters. The second kappa shape index (κ2) is 7.87. The van der Waals surface area contributed by atoms with Crippen molar-refractivity contribution < 1.29 is 4.79 Å². The number of thioether (sulfide) groups is 1. The molecule has 2 nitrogen and oxygen atoms in total. The number of hydrogen-bond donors (Lipinski definition) is 1. The van der Waals surface area contributed by atoms with E-state index in [-0.39, 0.29) is 5.91 Å². The molecule has 0 spiro atoms. The minimum Gasteiger partial charge on any atom is -0.325 e. The fraction of sp³-hybridized carbons (Fsp3) is 0.312. The quantitative estimate of drug-likeness (QED) is 0.763. The normalized spacial score (nSPS) is 10.9. The van der Waals surface area contributed by atoms with Gasteiger partial charge in [0.1, 0.15) is 0 Å². The van der Waals surface area contributed by atoms with Crippen molar-refractivity contribution >= 4 is 46.3 Å². The lowest BCUT2D eigenvalue weighted by molar-refractivity contribution is -0.113. The fourth-order valence-electron chi connectivity index (χ4n) is 1.97. The molecular weight excluding hydrogens is 322 g/mol. The van der Waals surface area contributed by atoms with Crippen LogP contribution in [0.2, 0.25) is 4.34 Å². The molecule has 0 aliphatic carbocycles. The molecule has 0 aliphatic heterocycles. The van der Waals surface area contributed by atoms with Gasteiger partial charge in [-0.15, -0.1) is 23.1 Å². The Hall–Kier alpha value is -0.970. The molecule has 0 saturated carbocycles. The van der Waals surface area contributed by atoms with E-state index in [1.807, 2.05) is 30.3 Å². The van der Waals surface area contributed by atoms with Gasteiger partial charge in [0, 0.05) is 16.3 Å². The molecule has 1 amide bonds. The van der Waals surface area contributed by atoms with Crippen LogP contribution in [-0.2, 0) is 10.5 Å². The number of para-hydroxylation sites is 1. The highest BCUT2D eigenvalue weighted by molar-refractivity contribution is 7.99. The summed E-state index contributed by atoms with van der Waals surface area (Å²) in [6.07, 6.45) is 0. The van der Waals surface area contributed by atoms with Crippen molar-refractivity contribution in [3.8, 4) is 0 Å². The van der Waals surface area contributed by atoms with Crippen molar-refractivity contribution in [1.29, 1.82) is 0 Å². The Morgan fingerprint density at radius 2 is 2.05 bits per heavy atom. The lowest BCUT2D eigenvalue weighted by atomic mass is 10.0. The third-order valence-electron chi connectivity index (χ3n) is 2.96. The van der Waals surface area contributed by atoms with Crippen LogP contribution < -0.4 is 5.32 Å². The first-order valence-electron chi connectivity index (χ1n) is 6.77. The molecule has 0 bridgehead atoms. The summed E-state index contributed by atoms with van der Waals surface area (Å²) in [5, 5.41) is 3.00. The molecule has 0 fully saturated rings. The molecule has 0 radical (unpaired) electrons. The van der Waals surface area contributed by atoms with Crippen molar-refractivity contribution in [3.05, 3.63) is 51.2 Å². The minimum atomic E-state index is 0.0377. The monoisotopic (exact) mass is 339 g/mol. The predicted octanol–water partition coefficient (Wildman–Crippen LogP) is 5.40.